The maximum absolute atomic E-state index is 14.1. The van der Waals surface area contributed by atoms with Crippen LogP contribution in [0.1, 0.15) is 37.8 Å². The molecule has 28 heavy (non-hydrogen) atoms. The van der Waals surface area contributed by atoms with Crippen LogP contribution in [0.5, 0.6) is 0 Å². The number of nitrogens with zero attached hydrogens (tertiary/aromatic N) is 1. The van der Waals surface area contributed by atoms with Crippen molar-refractivity contribution in [3.63, 3.8) is 0 Å². The van der Waals surface area contributed by atoms with Gasteiger partial charge >= 0.3 is 0 Å². The molecule has 0 unspecified atom stereocenters. The minimum Gasteiger partial charge on any atom is -0.354 e. The van der Waals surface area contributed by atoms with E-state index < -0.39 is 11.9 Å². The van der Waals surface area contributed by atoms with E-state index in [0.717, 1.165) is 12.8 Å². The Morgan fingerprint density at radius 2 is 1.75 bits per heavy atom. The highest BCUT2D eigenvalue weighted by atomic mass is 19.1. The molecule has 0 saturated heterocycles. The Morgan fingerprint density at radius 3 is 2.39 bits per heavy atom. The van der Waals surface area contributed by atoms with Gasteiger partial charge in [0.2, 0.25) is 11.8 Å². The Morgan fingerprint density at radius 1 is 1.07 bits per heavy atom. The zero-order valence-electron chi connectivity index (χ0n) is 16.3. The second-order valence-electron chi connectivity index (χ2n) is 6.74. The molecule has 2 aromatic rings. The molecule has 0 aliphatic carbocycles. The number of nitrogens with one attached hydrogen (secondary N) is 1. The standard InChI is InChI=1S/C22H26F2N2O2/c1-3-4-13-25-22(28)16(2)26(15-18-7-5-6-8-20(18)24)21(27)14-17-9-11-19(23)12-10-17/h5-12,16H,3-4,13-15H2,1-2H3,(H,25,28)/t16-/m0/s1. The van der Waals surface area contributed by atoms with Crippen molar-refractivity contribution in [1.82, 2.24) is 10.2 Å². The third kappa shape index (κ3) is 6.15. The van der Waals surface area contributed by atoms with Gasteiger partial charge < -0.3 is 10.2 Å². The fourth-order valence-corrected chi connectivity index (χ4v) is 2.81. The summed E-state index contributed by atoms with van der Waals surface area (Å²) >= 11 is 0. The fourth-order valence-electron chi connectivity index (χ4n) is 2.81. The SMILES string of the molecule is CCCCNC(=O)[C@H](C)N(Cc1ccccc1F)C(=O)Cc1ccc(F)cc1. The van der Waals surface area contributed by atoms with Gasteiger partial charge in [0, 0.05) is 18.7 Å². The quantitative estimate of drug-likeness (QED) is 0.664. The molecule has 0 radical (unpaired) electrons. The number of hydrogen-bond donors (Lipinski definition) is 1. The monoisotopic (exact) mass is 388 g/mol. The van der Waals surface area contributed by atoms with E-state index in [4.69, 9.17) is 0 Å². The summed E-state index contributed by atoms with van der Waals surface area (Å²) in [5.74, 6) is -1.42. The van der Waals surface area contributed by atoms with E-state index in [0.29, 0.717) is 17.7 Å². The molecule has 6 heteroatoms. The van der Waals surface area contributed by atoms with Crippen LogP contribution < -0.4 is 5.32 Å². The van der Waals surface area contributed by atoms with Crippen molar-refractivity contribution in [3.8, 4) is 0 Å². The van der Waals surface area contributed by atoms with Crippen LogP contribution in [0.25, 0.3) is 0 Å². The number of carbonyl (C=O) groups excluding carboxylic acids is 2. The highest BCUT2D eigenvalue weighted by Gasteiger charge is 2.26. The van der Waals surface area contributed by atoms with Crippen LogP contribution in [0.4, 0.5) is 8.78 Å². The van der Waals surface area contributed by atoms with Crippen LogP contribution in [0.3, 0.4) is 0 Å². The van der Waals surface area contributed by atoms with Gasteiger partial charge in [-0.05, 0) is 37.1 Å². The van der Waals surface area contributed by atoms with Gasteiger partial charge in [0.05, 0.1) is 6.42 Å². The third-order valence-corrected chi connectivity index (χ3v) is 4.56. The van der Waals surface area contributed by atoms with E-state index in [1.165, 1.54) is 35.2 Å². The molecule has 0 saturated carbocycles. The third-order valence-electron chi connectivity index (χ3n) is 4.56. The molecule has 0 bridgehead atoms. The molecule has 2 rings (SSSR count). The number of hydrogen-bond acceptors (Lipinski definition) is 2. The Labute approximate surface area is 164 Å². The minimum atomic E-state index is -0.760. The lowest BCUT2D eigenvalue weighted by Crippen LogP contribution is -2.48. The maximum Gasteiger partial charge on any atom is 0.242 e. The Kier molecular flexibility index (Phi) is 8.11. The number of unbranched alkanes of at least 4 members (excludes halogenated alkanes) is 1. The summed E-state index contributed by atoms with van der Waals surface area (Å²) in [6.07, 6.45) is 1.79. The summed E-state index contributed by atoms with van der Waals surface area (Å²) in [5, 5.41) is 2.81. The molecule has 0 fully saturated rings. The topological polar surface area (TPSA) is 49.4 Å². The summed E-state index contributed by atoms with van der Waals surface area (Å²) in [5.41, 5.74) is 0.965. The van der Waals surface area contributed by atoms with Crippen molar-refractivity contribution in [2.45, 2.75) is 45.7 Å². The van der Waals surface area contributed by atoms with E-state index >= 15 is 0 Å². The summed E-state index contributed by atoms with van der Waals surface area (Å²) < 4.78 is 27.2. The number of benzene rings is 2. The number of halogens is 2. The normalized spacial score (nSPS) is 11.7. The highest BCUT2D eigenvalue weighted by Crippen LogP contribution is 2.15. The van der Waals surface area contributed by atoms with Crippen LogP contribution in [-0.2, 0) is 22.6 Å². The first-order valence-electron chi connectivity index (χ1n) is 9.47. The van der Waals surface area contributed by atoms with E-state index in [-0.39, 0.29) is 30.6 Å². The zero-order chi connectivity index (χ0) is 20.5. The van der Waals surface area contributed by atoms with Crippen molar-refractivity contribution < 1.29 is 18.4 Å². The van der Waals surface area contributed by atoms with Crippen LogP contribution >= 0.6 is 0 Å². The lowest BCUT2D eigenvalue weighted by molar-refractivity contribution is -0.140. The smallest absolute Gasteiger partial charge is 0.242 e. The molecule has 0 aliphatic heterocycles. The average molecular weight is 388 g/mol. The molecule has 1 atom stereocenters. The molecule has 1 N–H and O–H groups in total. The maximum atomic E-state index is 14.1. The van der Waals surface area contributed by atoms with Crippen LogP contribution in [-0.4, -0.2) is 29.3 Å². The molecule has 0 aromatic heterocycles. The first-order chi connectivity index (χ1) is 13.4. The summed E-state index contributed by atoms with van der Waals surface area (Å²) in [7, 11) is 0. The van der Waals surface area contributed by atoms with Crippen molar-refractivity contribution in [2.75, 3.05) is 6.54 Å². The van der Waals surface area contributed by atoms with Gasteiger partial charge in [-0.15, -0.1) is 0 Å². The number of carbonyl (C=O) groups is 2. The molecule has 2 amide bonds. The zero-order valence-corrected chi connectivity index (χ0v) is 16.3. The van der Waals surface area contributed by atoms with Gasteiger partial charge in [-0.25, -0.2) is 8.78 Å². The Hall–Kier alpha value is -2.76. The van der Waals surface area contributed by atoms with E-state index in [9.17, 15) is 18.4 Å². The highest BCUT2D eigenvalue weighted by molar-refractivity contribution is 5.88. The number of rotatable bonds is 9. The predicted octanol–water partition coefficient (Wildman–Crippen LogP) is 3.84. The van der Waals surface area contributed by atoms with Gasteiger partial charge in [0.1, 0.15) is 17.7 Å². The molecule has 150 valence electrons. The molecular weight excluding hydrogens is 362 g/mol. The first-order valence-corrected chi connectivity index (χ1v) is 9.47. The van der Waals surface area contributed by atoms with Crippen molar-refractivity contribution in [3.05, 3.63) is 71.3 Å². The largest absolute Gasteiger partial charge is 0.354 e. The molecular formula is C22H26F2N2O2. The Bertz CT molecular complexity index is 793. The second kappa shape index (κ2) is 10.5. The van der Waals surface area contributed by atoms with Gasteiger partial charge in [0.15, 0.2) is 0 Å². The molecule has 0 heterocycles. The van der Waals surface area contributed by atoms with Gasteiger partial charge in [-0.1, -0.05) is 43.7 Å². The van der Waals surface area contributed by atoms with E-state index in [1.54, 1.807) is 25.1 Å². The van der Waals surface area contributed by atoms with Crippen molar-refractivity contribution in [1.29, 1.82) is 0 Å². The van der Waals surface area contributed by atoms with E-state index in [2.05, 4.69) is 5.32 Å². The second-order valence-corrected chi connectivity index (χ2v) is 6.74. The fraction of sp³-hybridized carbons (Fsp3) is 0.364. The van der Waals surface area contributed by atoms with Crippen LogP contribution in [0.15, 0.2) is 48.5 Å². The van der Waals surface area contributed by atoms with Crippen LogP contribution in [0.2, 0.25) is 0 Å². The van der Waals surface area contributed by atoms with Gasteiger partial charge in [-0.3, -0.25) is 9.59 Å². The van der Waals surface area contributed by atoms with Crippen molar-refractivity contribution in [2.24, 2.45) is 0 Å². The number of amides is 2. The van der Waals surface area contributed by atoms with Gasteiger partial charge in [-0.2, -0.15) is 0 Å². The molecule has 0 aliphatic rings. The minimum absolute atomic E-state index is 0.00130. The molecule has 0 spiro atoms. The van der Waals surface area contributed by atoms with Gasteiger partial charge in [0.25, 0.3) is 0 Å². The molecule has 2 aromatic carbocycles. The summed E-state index contributed by atoms with van der Waals surface area (Å²) in [6, 6.07) is 11.0. The summed E-state index contributed by atoms with van der Waals surface area (Å²) in [6.45, 7) is 4.16. The lowest BCUT2D eigenvalue weighted by Gasteiger charge is -2.29. The van der Waals surface area contributed by atoms with Crippen molar-refractivity contribution >= 4 is 11.8 Å². The lowest BCUT2D eigenvalue weighted by atomic mass is 10.1. The molecule has 4 nitrogen and oxygen atoms in total. The average Bonchev–Trinajstić information content (AvgIpc) is 2.68. The predicted molar refractivity (Wildman–Crippen MR) is 104 cm³/mol. The van der Waals surface area contributed by atoms with Crippen LogP contribution in [0, 0.1) is 11.6 Å². The van der Waals surface area contributed by atoms with E-state index in [1.807, 2.05) is 6.92 Å². The summed E-state index contributed by atoms with van der Waals surface area (Å²) in [4.78, 5) is 26.8. The first kappa shape index (κ1) is 21.5. The Balaban J connectivity index is 2.19.